The van der Waals surface area contributed by atoms with Gasteiger partial charge in [0.25, 0.3) is 0 Å². The Kier molecular flexibility index (Phi) is 1.98. The second-order valence-electron chi connectivity index (χ2n) is 3.68. The average molecular weight is 178 g/mol. The monoisotopic (exact) mass is 178 g/mol. The highest BCUT2D eigenvalue weighted by molar-refractivity contribution is 7.89. The molecule has 0 aromatic heterocycles. The Morgan fingerprint density at radius 1 is 1.55 bits per heavy atom. The number of hydrogen-bond acceptors (Lipinski definition) is 3. The number of nitrogens with two attached hydrogens (primary N) is 1. The van der Waals surface area contributed by atoms with E-state index in [4.69, 9.17) is 5.14 Å². The Balaban J connectivity index is 2.71. The van der Waals surface area contributed by atoms with E-state index in [2.05, 4.69) is 5.32 Å². The van der Waals surface area contributed by atoms with Crippen molar-refractivity contribution in [1.29, 1.82) is 0 Å². The first-order valence-corrected chi connectivity index (χ1v) is 5.19. The molecule has 66 valence electrons. The zero-order valence-electron chi connectivity index (χ0n) is 6.79. The van der Waals surface area contributed by atoms with Crippen molar-refractivity contribution in [3.8, 4) is 0 Å². The van der Waals surface area contributed by atoms with Crippen LogP contribution >= 0.6 is 0 Å². The van der Waals surface area contributed by atoms with Gasteiger partial charge in [-0.2, -0.15) is 0 Å². The molecule has 0 radical (unpaired) electrons. The summed E-state index contributed by atoms with van der Waals surface area (Å²) in [6.45, 7) is 4.42. The van der Waals surface area contributed by atoms with Gasteiger partial charge in [-0.1, -0.05) is 0 Å². The van der Waals surface area contributed by atoms with E-state index >= 15 is 0 Å². The van der Waals surface area contributed by atoms with Crippen molar-refractivity contribution in [1.82, 2.24) is 5.32 Å². The van der Waals surface area contributed by atoms with Gasteiger partial charge in [-0.3, -0.25) is 0 Å². The van der Waals surface area contributed by atoms with Gasteiger partial charge in [-0.05, 0) is 20.3 Å². The molecule has 0 saturated carbocycles. The first kappa shape index (κ1) is 8.96. The van der Waals surface area contributed by atoms with Gasteiger partial charge in [0.05, 0.1) is 5.25 Å². The van der Waals surface area contributed by atoms with E-state index in [9.17, 15) is 8.42 Å². The summed E-state index contributed by atoms with van der Waals surface area (Å²) in [6.07, 6.45) is 0.603. The summed E-state index contributed by atoms with van der Waals surface area (Å²) in [4.78, 5) is 0. The molecule has 1 fully saturated rings. The van der Waals surface area contributed by atoms with Gasteiger partial charge in [-0.15, -0.1) is 0 Å². The molecular weight excluding hydrogens is 164 g/mol. The zero-order valence-corrected chi connectivity index (χ0v) is 7.61. The Morgan fingerprint density at radius 3 is 2.27 bits per heavy atom. The molecule has 0 aromatic carbocycles. The van der Waals surface area contributed by atoms with E-state index < -0.39 is 15.3 Å². The predicted molar refractivity (Wildman–Crippen MR) is 43.6 cm³/mol. The standard InChI is InChI=1S/C6H14N2O2S/c1-6(2)3-5(4-8-6)11(7,9)10/h5,8H,3-4H2,1-2H3,(H2,7,9,10). The minimum absolute atomic E-state index is 0.0862. The quantitative estimate of drug-likeness (QED) is 0.564. The van der Waals surface area contributed by atoms with Crippen LogP contribution in [0.2, 0.25) is 0 Å². The van der Waals surface area contributed by atoms with E-state index in [1.807, 2.05) is 13.8 Å². The number of primary sulfonamides is 1. The van der Waals surface area contributed by atoms with Crippen LogP contribution in [-0.4, -0.2) is 25.8 Å². The number of hydrogen-bond donors (Lipinski definition) is 2. The van der Waals surface area contributed by atoms with Crippen LogP contribution in [0.1, 0.15) is 20.3 Å². The van der Waals surface area contributed by atoms with E-state index in [0.717, 1.165) is 0 Å². The lowest BCUT2D eigenvalue weighted by Crippen LogP contribution is -2.31. The van der Waals surface area contributed by atoms with E-state index in [1.54, 1.807) is 0 Å². The fraction of sp³-hybridized carbons (Fsp3) is 1.00. The molecule has 1 aliphatic rings. The summed E-state index contributed by atoms with van der Waals surface area (Å²) in [5.41, 5.74) is -0.0862. The maximum atomic E-state index is 10.9. The van der Waals surface area contributed by atoms with Crippen molar-refractivity contribution >= 4 is 10.0 Å². The first-order valence-electron chi connectivity index (χ1n) is 3.58. The predicted octanol–water partition coefficient (Wildman–Crippen LogP) is -0.585. The maximum absolute atomic E-state index is 10.9. The molecule has 11 heavy (non-hydrogen) atoms. The molecule has 3 N–H and O–H groups in total. The van der Waals surface area contributed by atoms with E-state index in [-0.39, 0.29) is 5.54 Å². The van der Waals surface area contributed by atoms with Crippen LogP contribution in [0.5, 0.6) is 0 Å². The van der Waals surface area contributed by atoms with Crippen molar-refractivity contribution < 1.29 is 8.42 Å². The molecule has 0 spiro atoms. The van der Waals surface area contributed by atoms with Gasteiger partial charge < -0.3 is 5.32 Å². The minimum atomic E-state index is -3.34. The smallest absolute Gasteiger partial charge is 0.213 e. The van der Waals surface area contributed by atoms with Gasteiger partial charge in [-0.25, -0.2) is 13.6 Å². The molecule has 4 nitrogen and oxygen atoms in total. The normalized spacial score (nSPS) is 30.6. The summed E-state index contributed by atoms with van der Waals surface area (Å²) in [6, 6.07) is 0. The molecule has 0 aliphatic carbocycles. The molecule has 1 unspecified atom stereocenters. The molecule has 1 saturated heterocycles. The molecule has 0 aromatic rings. The fourth-order valence-electron chi connectivity index (χ4n) is 1.34. The number of rotatable bonds is 1. The van der Waals surface area contributed by atoms with Crippen LogP contribution in [0.25, 0.3) is 0 Å². The lowest BCUT2D eigenvalue weighted by Gasteiger charge is -2.16. The number of nitrogens with one attached hydrogen (secondary N) is 1. The highest BCUT2D eigenvalue weighted by Gasteiger charge is 2.36. The van der Waals surface area contributed by atoms with Gasteiger partial charge in [0.15, 0.2) is 0 Å². The van der Waals surface area contributed by atoms with Crippen molar-refractivity contribution in [3.63, 3.8) is 0 Å². The van der Waals surface area contributed by atoms with Crippen molar-refractivity contribution in [2.75, 3.05) is 6.54 Å². The Hall–Kier alpha value is -0.130. The van der Waals surface area contributed by atoms with Crippen LogP contribution in [0.3, 0.4) is 0 Å². The van der Waals surface area contributed by atoms with Crippen LogP contribution in [0.15, 0.2) is 0 Å². The highest BCUT2D eigenvalue weighted by atomic mass is 32.2. The Labute approximate surface area is 67.2 Å². The first-order chi connectivity index (χ1) is 4.81. The average Bonchev–Trinajstić information content (AvgIpc) is 2.07. The lowest BCUT2D eigenvalue weighted by atomic mass is 10.0. The van der Waals surface area contributed by atoms with E-state index in [1.165, 1.54) is 0 Å². The summed E-state index contributed by atoms with van der Waals surface area (Å²) in [5.74, 6) is 0. The molecular formula is C6H14N2O2S. The third kappa shape index (κ3) is 2.15. The molecule has 5 heteroatoms. The lowest BCUT2D eigenvalue weighted by molar-refractivity contribution is 0.459. The summed E-state index contributed by atoms with van der Waals surface area (Å²) >= 11 is 0. The number of sulfonamides is 1. The van der Waals surface area contributed by atoms with Crippen LogP contribution < -0.4 is 10.5 Å². The second-order valence-corrected chi connectivity index (χ2v) is 5.52. The van der Waals surface area contributed by atoms with E-state index in [0.29, 0.717) is 13.0 Å². The maximum Gasteiger partial charge on any atom is 0.213 e. The van der Waals surface area contributed by atoms with Gasteiger partial charge in [0, 0.05) is 12.1 Å². The molecule has 0 amide bonds. The van der Waals surface area contributed by atoms with Crippen molar-refractivity contribution in [3.05, 3.63) is 0 Å². The third-order valence-electron chi connectivity index (χ3n) is 2.01. The van der Waals surface area contributed by atoms with Gasteiger partial charge >= 0.3 is 0 Å². The summed E-state index contributed by atoms with van der Waals surface area (Å²) in [5, 5.41) is 7.68. The fourth-order valence-corrected chi connectivity index (χ4v) is 2.30. The molecule has 1 rings (SSSR count). The molecule has 0 bridgehead atoms. The Bertz CT molecular complexity index is 245. The topological polar surface area (TPSA) is 72.2 Å². The molecule has 1 heterocycles. The third-order valence-corrected chi connectivity index (χ3v) is 3.27. The Morgan fingerprint density at radius 2 is 2.09 bits per heavy atom. The highest BCUT2D eigenvalue weighted by Crippen LogP contribution is 2.21. The van der Waals surface area contributed by atoms with Gasteiger partial charge in [0.2, 0.25) is 10.0 Å². The van der Waals surface area contributed by atoms with Crippen LogP contribution in [-0.2, 0) is 10.0 Å². The SMILES string of the molecule is CC1(C)CC(S(N)(=O)=O)CN1. The van der Waals surface area contributed by atoms with Gasteiger partial charge in [0.1, 0.15) is 0 Å². The second kappa shape index (κ2) is 2.43. The van der Waals surface area contributed by atoms with Crippen LogP contribution in [0.4, 0.5) is 0 Å². The van der Waals surface area contributed by atoms with Crippen molar-refractivity contribution in [2.24, 2.45) is 5.14 Å². The largest absolute Gasteiger partial charge is 0.310 e. The molecule has 1 aliphatic heterocycles. The zero-order chi connectivity index (χ0) is 8.70. The summed E-state index contributed by atoms with van der Waals surface area (Å²) < 4.78 is 21.7. The molecule has 1 atom stereocenters. The van der Waals surface area contributed by atoms with Crippen molar-refractivity contribution in [2.45, 2.75) is 31.1 Å². The summed E-state index contributed by atoms with van der Waals surface area (Å²) in [7, 11) is -3.34. The minimum Gasteiger partial charge on any atom is -0.310 e. The van der Waals surface area contributed by atoms with Crippen LogP contribution in [0, 0.1) is 0 Å².